The summed E-state index contributed by atoms with van der Waals surface area (Å²) in [5.41, 5.74) is 10.4. The molecule has 2 aromatic heterocycles. The van der Waals surface area contributed by atoms with Gasteiger partial charge in [-0.3, -0.25) is 0 Å². The van der Waals surface area contributed by atoms with Crippen molar-refractivity contribution in [3.8, 4) is 11.1 Å². The van der Waals surface area contributed by atoms with Crippen LogP contribution >= 0.6 is 0 Å². The van der Waals surface area contributed by atoms with Crippen molar-refractivity contribution in [2.45, 2.75) is 19.4 Å². The number of para-hydroxylation sites is 1. The van der Waals surface area contributed by atoms with E-state index in [9.17, 15) is 0 Å². The second-order valence-electron chi connectivity index (χ2n) is 6.41. The van der Waals surface area contributed by atoms with Gasteiger partial charge in [0.15, 0.2) is 0 Å². The van der Waals surface area contributed by atoms with Gasteiger partial charge >= 0.3 is 0 Å². The Balaban J connectivity index is 1.79. The van der Waals surface area contributed by atoms with E-state index in [-0.39, 0.29) is 0 Å². The van der Waals surface area contributed by atoms with Gasteiger partial charge < -0.3 is 14.8 Å². The Morgan fingerprint density at radius 3 is 2.70 bits per heavy atom. The van der Waals surface area contributed by atoms with Crippen molar-refractivity contribution < 1.29 is 4.52 Å². The maximum absolute atomic E-state index is 5.87. The van der Waals surface area contributed by atoms with Crippen LogP contribution < -0.4 is 5.73 Å². The van der Waals surface area contributed by atoms with Crippen LogP contribution in [0, 0.1) is 5.92 Å². The normalized spacial score (nSPS) is 14.8. The van der Waals surface area contributed by atoms with Crippen molar-refractivity contribution in [3.63, 3.8) is 0 Å². The molecule has 0 atom stereocenters. The van der Waals surface area contributed by atoms with Crippen LogP contribution in [0.5, 0.6) is 0 Å². The van der Waals surface area contributed by atoms with Crippen LogP contribution in [0.2, 0.25) is 0 Å². The number of aromatic nitrogens is 2. The summed E-state index contributed by atoms with van der Waals surface area (Å²) >= 11 is 0. The molecule has 0 saturated heterocycles. The molecule has 0 bridgehead atoms. The summed E-state index contributed by atoms with van der Waals surface area (Å²) in [7, 11) is 0. The molecule has 0 aliphatic heterocycles. The van der Waals surface area contributed by atoms with Gasteiger partial charge in [-0.1, -0.05) is 29.4 Å². The van der Waals surface area contributed by atoms with Crippen LogP contribution in [0.15, 0.2) is 53.2 Å². The van der Waals surface area contributed by atoms with E-state index >= 15 is 0 Å². The molecule has 0 radical (unpaired) electrons. The summed E-state index contributed by atoms with van der Waals surface area (Å²) in [5.74, 6) is 1.20. The van der Waals surface area contributed by atoms with E-state index in [0.29, 0.717) is 5.88 Å². The first-order valence-electron chi connectivity index (χ1n) is 8.03. The Bertz CT molecular complexity index is 1020. The largest absolute Gasteiger partial charge is 0.367 e. The van der Waals surface area contributed by atoms with Crippen molar-refractivity contribution in [1.29, 1.82) is 0 Å². The lowest BCUT2D eigenvalue weighted by Crippen LogP contribution is -1.98. The number of hydrogen-bond acceptors (Lipinski definition) is 3. The van der Waals surface area contributed by atoms with Gasteiger partial charge in [0.1, 0.15) is 0 Å². The monoisotopic (exact) mass is 303 g/mol. The number of nitrogen functional groups attached to an aromatic ring is 1. The highest BCUT2D eigenvalue weighted by atomic mass is 16.5. The first-order chi connectivity index (χ1) is 11.3. The van der Waals surface area contributed by atoms with Crippen molar-refractivity contribution in [2.24, 2.45) is 5.92 Å². The summed E-state index contributed by atoms with van der Waals surface area (Å²) in [6.07, 6.45) is 4.38. The van der Waals surface area contributed by atoms with E-state index in [4.69, 9.17) is 10.3 Å². The Labute approximate surface area is 133 Å². The summed E-state index contributed by atoms with van der Waals surface area (Å²) in [5, 5.41) is 6.34. The molecule has 0 amide bonds. The minimum absolute atomic E-state index is 0.367. The summed E-state index contributed by atoms with van der Waals surface area (Å²) in [6, 6.07) is 15.1. The highest BCUT2D eigenvalue weighted by Crippen LogP contribution is 2.37. The topological polar surface area (TPSA) is 57.0 Å². The number of anilines is 1. The zero-order chi connectivity index (χ0) is 15.4. The van der Waals surface area contributed by atoms with Crippen molar-refractivity contribution in [2.75, 3.05) is 5.73 Å². The smallest absolute Gasteiger partial charge is 0.229 e. The molecule has 1 aliphatic rings. The average Bonchev–Trinajstić information content (AvgIpc) is 3.22. The lowest BCUT2D eigenvalue weighted by atomic mass is 10.1. The molecule has 0 unspecified atom stereocenters. The van der Waals surface area contributed by atoms with Crippen LogP contribution in [0.4, 0.5) is 5.88 Å². The van der Waals surface area contributed by atoms with Gasteiger partial charge in [0.25, 0.3) is 0 Å². The van der Waals surface area contributed by atoms with E-state index in [1.807, 2.05) is 0 Å². The van der Waals surface area contributed by atoms with Crippen LogP contribution in [0.3, 0.4) is 0 Å². The SMILES string of the molecule is Nc1oncc1-c1ccc2c(c1)c1ccccc1n2CC1CC1. The number of fused-ring (bicyclic) bond motifs is 3. The zero-order valence-corrected chi connectivity index (χ0v) is 12.7. The number of benzene rings is 2. The molecule has 4 heteroatoms. The predicted octanol–water partition coefficient (Wildman–Crippen LogP) is 4.44. The van der Waals surface area contributed by atoms with Gasteiger partial charge in [-0.25, -0.2) is 0 Å². The van der Waals surface area contributed by atoms with Gasteiger partial charge in [-0.05, 0) is 42.5 Å². The highest BCUT2D eigenvalue weighted by Gasteiger charge is 2.23. The number of hydrogen-bond donors (Lipinski definition) is 1. The average molecular weight is 303 g/mol. The Morgan fingerprint density at radius 2 is 1.91 bits per heavy atom. The Morgan fingerprint density at radius 1 is 1.09 bits per heavy atom. The van der Waals surface area contributed by atoms with E-state index in [0.717, 1.165) is 23.6 Å². The number of rotatable bonds is 3. The van der Waals surface area contributed by atoms with Crippen LogP contribution in [0.1, 0.15) is 12.8 Å². The molecule has 114 valence electrons. The third-order valence-electron chi connectivity index (χ3n) is 4.82. The highest BCUT2D eigenvalue weighted by molar-refractivity contribution is 6.09. The molecular weight excluding hydrogens is 286 g/mol. The molecule has 4 aromatic rings. The van der Waals surface area contributed by atoms with Gasteiger partial charge in [-0.15, -0.1) is 0 Å². The molecule has 1 fully saturated rings. The minimum Gasteiger partial charge on any atom is -0.367 e. The fourth-order valence-electron chi connectivity index (χ4n) is 3.44. The fraction of sp³-hybridized carbons (Fsp3) is 0.211. The molecular formula is C19H17N3O. The molecule has 1 aliphatic carbocycles. The lowest BCUT2D eigenvalue weighted by molar-refractivity contribution is 0.436. The molecule has 0 spiro atoms. The van der Waals surface area contributed by atoms with E-state index in [2.05, 4.69) is 52.2 Å². The molecule has 23 heavy (non-hydrogen) atoms. The third-order valence-corrected chi connectivity index (χ3v) is 4.82. The third kappa shape index (κ3) is 1.95. The van der Waals surface area contributed by atoms with Crippen molar-refractivity contribution >= 4 is 27.7 Å². The number of nitrogens with zero attached hydrogens (tertiary/aromatic N) is 2. The molecule has 4 nitrogen and oxygen atoms in total. The van der Waals surface area contributed by atoms with Crippen molar-refractivity contribution in [3.05, 3.63) is 48.7 Å². The zero-order valence-electron chi connectivity index (χ0n) is 12.7. The summed E-state index contributed by atoms with van der Waals surface area (Å²) in [6.45, 7) is 1.11. The number of nitrogens with two attached hydrogens (primary N) is 1. The predicted molar refractivity (Wildman–Crippen MR) is 92.1 cm³/mol. The molecule has 2 N–H and O–H groups in total. The van der Waals surface area contributed by atoms with Gasteiger partial charge in [-0.2, -0.15) is 0 Å². The Kier molecular flexibility index (Phi) is 2.56. The van der Waals surface area contributed by atoms with Gasteiger partial charge in [0.05, 0.1) is 11.8 Å². The van der Waals surface area contributed by atoms with Gasteiger partial charge in [0, 0.05) is 28.4 Å². The summed E-state index contributed by atoms with van der Waals surface area (Å²) < 4.78 is 7.47. The maximum atomic E-state index is 5.87. The standard InChI is InChI=1S/C19H17N3O/c20-19-16(10-21-23-19)13-7-8-18-15(9-13)14-3-1-2-4-17(14)22(18)11-12-5-6-12/h1-4,7-10,12H,5-6,11,20H2. The van der Waals surface area contributed by atoms with E-state index < -0.39 is 0 Å². The van der Waals surface area contributed by atoms with Crippen LogP contribution in [0.25, 0.3) is 32.9 Å². The maximum Gasteiger partial charge on any atom is 0.229 e. The second kappa shape index (κ2) is 4.62. The van der Waals surface area contributed by atoms with Crippen LogP contribution in [-0.4, -0.2) is 9.72 Å². The summed E-state index contributed by atoms with van der Waals surface area (Å²) in [4.78, 5) is 0. The molecule has 2 aromatic carbocycles. The first kappa shape index (κ1) is 12.8. The van der Waals surface area contributed by atoms with Crippen LogP contribution in [-0.2, 0) is 6.54 Å². The van der Waals surface area contributed by atoms with Crippen molar-refractivity contribution in [1.82, 2.24) is 9.72 Å². The first-order valence-corrected chi connectivity index (χ1v) is 8.03. The minimum atomic E-state index is 0.367. The lowest BCUT2D eigenvalue weighted by Gasteiger charge is -2.06. The second-order valence-corrected chi connectivity index (χ2v) is 6.41. The molecule has 1 saturated carbocycles. The van der Waals surface area contributed by atoms with E-state index in [1.54, 1.807) is 6.20 Å². The fourth-order valence-corrected chi connectivity index (χ4v) is 3.44. The Hall–Kier alpha value is -2.75. The quantitative estimate of drug-likeness (QED) is 0.608. The van der Waals surface area contributed by atoms with E-state index in [1.165, 1.54) is 34.6 Å². The molecule has 5 rings (SSSR count). The molecule has 2 heterocycles. The van der Waals surface area contributed by atoms with Gasteiger partial charge in [0.2, 0.25) is 5.88 Å².